The molecule has 0 aromatic carbocycles. The molecule has 3 heteroatoms. The summed E-state index contributed by atoms with van der Waals surface area (Å²) in [7, 11) is -0.484. The summed E-state index contributed by atoms with van der Waals surface area (Å²) in [6, 6.07) is 0. The van der Waals surface area contributed by atoms with E-state index in [1.807, 2.05) is 0 Å². The Morgan fingerprint density at radius 1 is 1.78 bits per heavy atom. The van der Waals surface area contributed by atoms with E-state index in [4.69, 9.17) is 0 Å². The molecule has 0 heterocycles. The summed E-state index contributed by atoms with van der Waals surface area (Å²) in [5, 5.41) is 0. The molecule has 52 valence electrons. The van der Waals surface area contributed by atoms with Crippen molar-refractivity contribution in [3.63, 3.8) is 0 Å². The second-order valence-corrected chi connectivity index (χ2v) is 2.89. The molecule has 2 unspecified atom stereocenters. The molecule has 0 radical (unpaired) electrons. The molecule has 0 amide bonds. The zero-order valence-corrected chi connectivity index (χ0v) is 6.55. The fourth-order valence-electron chi connectivity index (χ4n) is 1.23. The summed E-state index contributed by atoms with van der Waals surface area (Å²) in [5.74, 6) is 0.589. The maximum atomic E-state index is 10.1. The van der Waals surface area contributed by atoms with Gasteiger partial charge in [-0.15, -0.1) is 0 Å². The highest BCUT2D eigenvalue weighted by atomic mass is 31.1. The first-order valence-electron chi connectivity index (χ1n) is 3.28. The Hall–Kier alpha value is 0.0600. The second-order valence-electron chi connectivity index (χ2n) is 2.49. The quantitative estimate of drug-likeness (QED) is 0.508. The molecule has 1 saturated carbocycles. The average Bonchev–Trinajstić information content (AvgIpc) is 2.18. The summed E-state index contributed by atoms with van der Waals surface area (Å²) in [6.45, 7) is 2.14. The third-order valence-electron chi connectivity index (χ3n) is 1.83. The van der Waals surface area contributed by atoms with Crippen LogP contribution in [0.4, 0.5) is 0 Å². The minimum Gasteiger partial charge on any atom is -0.814 e. The molecule has 2 nitrogen and oxygen atoms in total. The minimum atomic E-state index is -0.484. The van der Waals surface area contributed by atoms with Crippen LogP contribution in [0.5, 0.6) is 0 Å². The van der Waals surface area contributed by atoms with Crippen molar-refractivity contribution in [2.24, 2.45) is 10.7 Å². The summed E-state index contributed by atoms with van der Waals surface area (Å²) in [5.41, 5.74) is 1.16. The molecule has 2 atom stereocenters. The molecule has 0 aromatic rings. The van der Waals surface area contributed by atoms with Crippen LogP contribution in [0.25, 0.3) is 0 Å². The van der Waals surface area contributed by atoms with E-state index >= 15 is 0 Å². The van der Waals surface area contributed by atoms with Crippen LogP contribution in [0.1, 0.15) is 26.2 Å². The molecule has 1 rings (SSSR count). The highest BCUT2D eigenvalue weighted by Crippen LogP contribution is 2.23. The normalized spacial score (nSPS) is 33.1. The van der Waals surface area contributed by atoms with Gasteiger partial charge in [0.05, 0.1) is 0 Å². The third-order valence-corrected chi connectivity index (χ3v) is 2.21. The Kier molecular flexibility index (Phi) is 2.62. The zero-order chi connectivity index (χ0) is 6.69. The van der Waals surface area contributed by atoms with E-state index in [0.717, 1.165) is 12.1 Å². The van der Waals surface area contributed by atoms with Crippen molar-refractivity contribution < 1.29 is 4.89 Å². The van der Waals surface area contributed by atoms with Gasteiger partial charge in [0.1, 0.15) is 0 Å². The number of hydrogen-bond acceptors (Lipinski definition) is 2. The van der Waals surface area contributed by atoms with Gasteiger partial charge in [-0.2, -0.15) is 0 Å². The van der Waals surface area contributed by atoms with Gasteiger partial charge >= 0.3 is 0 Å². The van der Waals surface area contributed by atoms with E-state index in [-0.39, 0.29) is 0 Å². The van der Waals surface area contributed by atoms with E-state index in [9.17, 15) is 4.89 Å². The fourth-order valence-corrected chi connectivity index (χ4v) is 1.68. The topological polar surface area (TPSA) is 35.4 Å². The first-order valence-corrected chi connectivity index (χ1v) is 4.13. The van der Waals surface area contributed by atoms with Crippen LogP contribution in [-0.2, 0) is 0 Å². The van der Waals surface area contributed by atoms with Crippen molar-refractivity contribution in [1.82, 2.24) is 0 Å². The van der Waals surface area contributed by atoms with E-state index in [1.54, 1.807) is 0 Å². The Balaban J connectivity index is 2.48. The lowest BCUT2D eigenvalue weighted by Gasteiger charge is -2.04. The van der Waals surface area contributed by atoms with Crippen molar-refractivity contribution >= 4 is 14.7 Å². The van der Waals surface area contributed by atoms with E-state index in [2.05, 4.69) is 11.7 Å². The largest absolute Gasteiger partial charge is 0.814 e. The number of nitrogens with zero attached hydrogens (tertiary/aromatic N) is 1. The maximum absolute atomic E-state index is 10.1. The first kappa shape index (κ1) is 7.17. The van der Waals surface area contributed by atoms with E-state index in [1.165, 1.54) is 12.8 Å². The summed E-state index contributed by atoms with van der Waals surface area (Å²) >= 11 is 0. The molecular formula is C6H11NOP-. The van der Waals surface area contributed by atoms with Gasteiger partial charge in [-0.05, 0) is 25.2 Å². The lowest BCUT2D eigenvalue weighted by Crippen LogP contribution is -2.00. The molecule has 9 heavy (non-hydrogen) atoms. The zero-order valence-electron chi connectivity index (χ0n) is 5.55. The van der Waals surface area contributed by atoms with Gasteiger partial charge in [-0.3, -0.25) is 4.76 Å². The van der Waals surface area contributed by atoms with Gasteiger partial charge in [0.2, 0.25) is 0 Å². The van der Waals surface area contributed by atoms with Crippen LogP contribution in [0.15, 0.2) is 4.76 Å². The van der Waals surface area contributed by atoms with Crippen LogP contribution in [0.3, 0.4) is 0 Å². The molecule has 0 bridgehead atoms. The smallest absolute Gasteiger partial charge is 0.0177 e. The molecule has 0 N–H and O–H groups in total. The summed E-state index contributed by atoms with van der Waals surface area (Å²) in [4.78, 5) is 10.1. The fraction of sp³-hybridized carbons (Fsp3) is 0.833. The SMILES string of the molecule is CC1CCCC1=NP[O-]. The van der Waals surface area contributed by atoms with Crippen LogP contribution < -0.4 is 4.89 Å². The summed E-state index contributed by atoms with van der Waals surface area (Å²) < 4.78 is 3.89. The number of rotatable bonds is 1. The maximum Gasteiger partial charge on any atom is 0.0177 e. The Morgan fingerprint density at radius 3 is 3.00 bits per heavy atom. The molecule has 1 aliphatic rings. The monoisotopic (exact) mass is 144 g/mol. The molecule has 0 aliphatic heterocycles. The molecule has 0 spiro atoms. The predicted octanol–water partition coefficient (Wildman–Crippen LogP) is 1.12. The van der Waals surface area contributed by atoms with Crippen LogP contribution in [0.2, 0.25) is 0 Å². The van der Waals surface area contributed by atoms with Gasteiger partial charge < -0.3 is 4.89 Å². The van der Waals surface area contributed by atoms with E-state index < -0.39 is 8.96 Å². The Morgan fingerprint density at radius 2 is 2.56 bits per heavy atom. The lowest BCUT2D eigenvalue weighted by atomic mass is 10.1. The van der Waals surface area contributed by atoms with E-state index in [0.29, 0.717) is 5.92 Å². The highest BCUT2D eigenvalue weighted by molar-refractivity contribution is 7.28. The van der Waals surface area contributed by atoms with Crippen molar-refractivity contribution in [2.75, 3.05) is 0 Å². The van der Waals surface area contributed by atoms with Crippen LogP contribution >= 0.6 is 8.96 Å². The number of hydrogen-bond donors (Lipinski definition) is 0. The highest BCUT2D eigenvalue weighted by Gasteiger charge is 2.16. The van der Waals surface area contributed by atoms with Crippen molar-refractivity contribution in [3.8, 4) is 0 Å². The molecule has 1 fully saturated rings. The first-order chi connectivity index (χ1) is 4.34. The second kappa shape index (κ2) is 3.28. The molecule has 1 aliphatic carbocycles. The van der Waals surface area contributed by atoms with Gasteiger partial charge in [0, 0.05) is 5.71 Å². The predicted molar refractivity (Wildman–Crippen MR) is 38.8 cm³/mol. The van der Waals surface area contributed by atoms with Crippen LogP contribution in [0, 0.1) is 5.92 Å². The third kappa shape index (κ3) is 1.74. The minimum absolute atomic E-state index is 0.484. The van der Waals surface area contributed by atoms with Crippen molar-refractivity contribution in [2.45, 2.75) is 26.2 Å². The van der Waals surface area contributed by atoms with Gasteiger partial charge in [0.15, 0.2) is 0 Å². The average molecular weight is 144 g/mol. The Bertz CT molecular complexity index is 124. The van der Waals surface area contributed by atoms with Crippen molar-refractivity contribution in [1.29, 1.82) is 0 Å². The van der Waals surface area contributed by atoms with Crippen molar-refractivity contribution in [3.05, 3.63) is 0 Å². The molecule has 0 aromatic heterocycles. The van der Waals surface area contributed by atoms with Gasteiger partial charge in [-0.1, -0.05) is 15.9 Å². The standard InChI is InChI=1S/C6H11NOP/c1-5-3-2-4-6(5)7-9-8/h5,9H,2-4H2,1H3/q-1. The van der Waals surface area contributed by atoms with Gasteiger partial charge in [0.25, 0.3) is 0 Å². The van der Waals surface area contributed by atoms with Gasteiger partial charge in [-0.25, -0.2) is 0 Å². The molecule has 0 saturated heterocycles. The lowest BCUT2D eigenvalue weighted by molar-refractivity contribution is -0.150. The molecular weight excluding hydrogens is 133 g/mol. The van der Waals surface area contributed by atoms with Crippen LogP contribution in [-0.4, -0.2) is 5.71 Å². The summed E-state index contributed by atoms with van der Waals surface area (Å²) in [6.07, 6.45) is 3.52. The Labute approximate surface area is 57.3 Å².